The van der Waals surface area contributed by atoms with Gasteiger partial charge < -0.3 is 10.1 Å². The summed E-state index contributed by atoms with van der Waals surface area (Å²) >= 11 is 0. The van der Waals surface area contributed by atoms with E-state index < -0.39 is 9.84 Å². The number of nitrogens with one attached hydrogen (secondary N) is 1. The second-order valence-corrected chi connectivity index (χ2v) is 5.98. The molecule has 0 radical (unpaired) electrons. The predicted octanol–water partition coefficient (Wildman–Crippen LogP) is 0.891. The summed E-state index contributed by atoms with van der Waals surface area (Å²) in [5, 5.41) is 8.73. The number of rotatable bonds is 4. The smallest absolute Gasteiger partial charge is 0.175 e. The molecular formula is C11H14N2O3S. The van der Waals surface area contributed by atoms with Crippen molar-refractivity contribution in [2.45, 2.75) is 17.7 Å². The number of aromatic nitrogens is 2. The van der Waals surface area contributed by atoms with Crippen LogP contribution < -0.4 is 0 Å². The van der Waals surface area contributed by atoms with Crippen LogP contribution in [0.15, 0.2) is 23.1 Å². The summed E-state index contributed by atoms with van der Waals surface area (Å²) < 4.78 is 22.8. The van der Waals surface area contributed by atoms with E-state index in [4.69, 9.17) is 5.11 Å². The number of hydrogen-bond donors (Lipinski definition) is 2. The molecule has 2 N–H and O–H groups in total. The lowest BCUT2D eigenvalue weighted by Crippen LogP contribution is -1.96. The minimum atomic E-state index is -3.19. The van der Waals surface area contributed by atoms with E-state index in [2.05, 4.69) is 9.97 Å². The lowest BCUT2D eigenvalue weighted by Gasteiger charge is -1.96. The van der Waals surface area contributed by atoms with Crippen molar-refractivity contribution in [1.82, 2.24) is 9.97 Å². The van der Waals surface area contributed by atoms with Gasteiger partial charge in [-0.2, -0.15) is 0 Å². The van der Waals surface area contributed by atoms with Crippen LogP contribution in [0.2, 0.25) is 0 Å². The van der Waals surface area contributed by atoms with Gasteiger partial charge in [0, 0.05) is 19.3 Å². The summed E-state index contributed by atoms with van der Waals surface area (Å²) in [6.07, 6.45) is 2.47. The number of hydrogen-bond acceptors (Lipinski definition) is 4. The average molecular weight is 254 g/mol. The van der Waals surface area contributed by atoms with Crippen LogP contribution in [-0.2, 0) is 16.3 Å². The molecule has 1 heterocycles. The van der Waals surface area contributed by atoms with Crippen LogP contribution >= 0.6 is 0 Å². The van der Waals surface area contributed by atoms with E-state index in [-0.39, 0.29) is 11.5 Å². The molecule has 17 heavy (non-hydrogen) atoms. The van der Waals surface area contributed by atoms with Crippen molar-refractivity contribution in [3.05, 3.63) is 24.0 Å². The molecule has 1 aromatic carbocycles. The van der Waals surface area contributed by atoms with Crippen molar-refractivity contribution in [3.63, 3.8) is 0 Å². The fraction of sp³-hybridized carbons (Fsp3) is 0.364. The van der Waals surface area contributed by atoms with Crippen LogP contribution in [0.25, 0.3) is 11.0 Å². The maximum atomic E-state index is 11.4. The Hall–Kier alpha value is -1.40. The number of nitrogens with zero attached hydrogens (tertiary/aromatic N) is 1. The third kappa shape index (κ3) is 2.65. The molecule has 0 bridgehead atoms. The predicted molar refractivity (Wildman–Crippen MR) is 64.6 cm³/mol. The molecule has 92 valence electrons. The van der Waals surface area contributed by atoms with Gasteiger partial charge in [0.2, 0.25) is 0 Å². The normalized spacial score (nSPS) is 12.1. The number of aliphatic hydroxyl groups is 1. The summed E-state index contributed by atoms with van der Waals surface area (Å²) in [7, 11) is -3.19. The summed E-state index contributed by atoms with van der Waals surface area (Å²) in [5.74, 6) is 0.764. The number of aromatic amines is 1. The number of sulfone groups is 1. The largest absolute Gasteiger partial charge is 0.396 e. The van der Waals surface area contributed by atoms with Crippen LogP contribution in [0.1, 0.15) is 12.2 Å². The molecule has 0 aliphatic carbocycles. The number of aliphatic hydroxyl groups excluding tert-OH is 1. The van der Waals surface area contributed by atoms with E-state index in [1.54, 1.807) is 18.2 Å². The third-order valence-electron chi connectivity index (χ3n) is 2.50. The van der Waals surface area contributed by atoms with Gasteiger partial charge in [-0.25, -0.2) is 13.4 Å². The maximum absolute atomic E-state index is 11.4. The van der Waals surface area contributed by atoms with Gasteiger partial charge in [-0.3, -0.25) is 0 Å². The second kappa shape index (κ2) is 4.46. The highest BCUT2D eigenvalue weighted by Crippen LogP contribution is 2.17. The van der Waals surface area contributed by atoms with Crippen molar-refractivity contribution in [3.8, 4) is 0 Å². The van der Waals surface area contributed by atoms with Gasteiger partial charge in [-0.05, 0) is 24.6 Å². The lowest BCUT2D eigenvalue weighted by molar-refractivity contribution is 0.287. The van der Waals surface area contributed by atoms with Crippen molar-refractivity contribution in [2.75, 3.05) is 12.9 Å². The van der Waals surface area contributed by atoms with Crippen LogP contribution in [0.4, 0.5) is 0 Å². The highest BCUT2D eigenvalue weighted by Gasteiger charge is 2.09. The monoisotopic (exact) mass is 254 g/mol. The Kier molecular flexibility index (Phi) is 3.17. The molecule has 0 aliphatic rings. The Morgan fingerprint density at radius 3 is 2.82 bits per heavy atom. The molecule has 2 rings (SSSR count). The standard InChI is InChI=1S/C11H14N2O3S/c1-17(15,16)8-4-5-9-10(7-8)13-11(12-9)3-2-6-14/h4-5,7,14H,2-3,6H2,1H3,(H,12,13). The summed E-state index contributed by atoms with van der Waals surface area (Å²) in [4.78, 5) is 7.65. The van der Waals surface area contributed by atoms with E-state index in [1.807, 2.05) is 0 Å². The highest BCUT2D eigenvalue weighted by atomic mass is 32.2. The van der Waals surface area contributed by atoms with E-state index in [1.165, 1.54) is 6.26 Å². The highest BCUT2D eigenvalue weighted by molar-refractivity contribution is 7.90. The molecule has 0 unspecified atom stereocenters. The fourth-order valence-electron chi connectivity index (χ4n) is 1.64. The van der Waals surface area contributed by atoms with Gasteiger partial charge in [0.1, 0.15) is 5.82 Å². The summed E-state index contributed by atoms with van der Waals surface area (Å²) in [6.45, 7) is 0.117. The number of fused-ring (bicyclic) bond motifs is 1. The van der Waals surface area contributed by atoms with Gasteiger partial charge in [0.25, 0.3) is 0 Å². The van der Waals surface area contributed by atoms with Gasteiger partial charge >= 0.3 is 0 Å². The fourth-order valence-corrected chi connectivity index (χ4v) is 2.28. The van der Waals surface area contributed by atoms with Crippen LogP contribution in [0, 0.1) is 0 Å². The van der Waals surface area contributed by atoms with Crippen molar-refractivity contribution >= 4 is 20.9 Å². The first kappa shape index (κ1) is 12.1. The molecule has 2 aromatic rings. The Balaban J connectivity index is 2.41. The zero-order valence-electron chi connectivity index (χ0n) is 9.47. The number of benzene rings is 1. The molecule has 1 aromatic heterocycles. The van der Waals surface area contributed by atoms with E-state index in [9.17, 15) is 8.42 Å². The first-order valence-corrected chi connectivity index (χ1v) is 7.19. The second-order valence-electron chi connectivity index (χ2n) is 3.96. The van der Waals surface area contributed by atoms with Crippen LogP contribution in [0.5, 0.6) is 0 Å². The molecule has 0 saturated heterocycles. The topological polar surface area (TPSA) is 83.1 Å². The minimum Gasteiger partial charge on any atom is -0.396 e. The third-order valence-corrected chi connectivity index (χ3v) is 3.61. The average Bonchev–Trinajstić information content (AvgIpc) is 2.66. The quantitative estimate of drug-likeness (QED) is 0.848. The molecule has 6 heteroatoms. The van der Waals surface area contributed by atoms with Gasteiger partial charge in [0.05, 0.1) is 15.9 Å². The SMILES string of the molecule is CS(=O)(=O)c1ccc2nc(CCCO)[nH]c2c1. The zero-order valence-corrected chi connectivity index (χ0v) is 10.3. The Morgan fingerprint density at radius 1 is 1.41 bits per heavy atom. The van der Waals surface area contributed by atoms with Gasteiger partial charge in [-0.1, -0.05) is 0 Å². The van der Waals surface area contributed by atoms with E-state index >= 15 is 0 Å². The molecule has 5 nitrogen and oxygen atoms in total. The molecule has 0 fully saturated rings. The molecular weight excluding hydrogens is 240 g/mol. The van der Waals surface area contributed by atoms with Crippen LogP contribution in [-0.4, -0.2) is 36.4 Å². The molecule has 0 aliphatic heterocycles. The lowest BCUT2D eigenvalue weighted by atomic mass is 10.3. The molecule has 0 atom stereocenters. The van der Waals surface area contributed by atoms with E-state index in [0.717, 1.165) is 11.3 Å². The number of imidazole rings is 1. The first-order chi connectivity index (χ1) is 8.00. The summed E-state index contributed by atoms with van der Waals surface area (Å²) in [5.41, 5.74) is 1.45. The first-order valence-electron chi connectivity index (χ1n) is 5.30. The van der Waals surface area contributed by atoms with Gasteiger partial charge in [-0.15, -0.1) is 0 Å². The maximum Gasteiger partial charge on any atom is 0.175 e. The molecule has 0 spiro atoms. The summed E-state index contributed by atoms with van der Waals surface area (Å²) in [6, 6.07) is 4.82. The van der Waals surface area contributed by atoms with Crippen molar-refractivity contribution < 1.29 is 13.5 Å². The number of H-pyrrole nitrogens is 1. The van der Waals surface area contributed by atoms with Crippen LogP contribution in [0.3, 0.4) is 0 Å². The Bertz CT molecular complexity index is 631. The Labute approximate surface area is 99.4 Å². The van der Waals surface area contributed by atoms with Crippen molar-refractivity contribution in [1.29, 1.82) is 0 Å². The Morgan fingerprint density at radius 2 is 2.18 bits per heavy atom. The minimum absolute atomic E-state index is 0.117. The van der Waals surface area contributed by atoms with Crippen molar-refractivity contribution in [2.24, 2.45) is 0 Å². The number of aryl methyl sites for hydroxylation is 1. The molecule has 0 saturated carbocycles. The zero-order chi connectivity index (χ0) is 12.5. The van der Waals surface area contributed by atoms with E-state index in [0.29, 0.717) is 18.4 Å². The van der Waals surface area contributed by atoms with Gasteiger partial charge in [0.15, 0.2) is 9.84 Å². The molecule has 0 amide bonds.